The molecule has 0 aliphatic heterocycles. The van der Waals surface area contributed by atoms with E-state index in [1.54, 1.807) is 11.3 Å². The quantitative estimate of drug-likeness (QED) is 0.806. The van der Waals surface area contributed by atoms with Crippen molar-refractivity contribution in [3.05, 3.63) is 10.6 Å². The molecule has 0 fully saturated rings. The standard InChI is InChI=1S/C10H13N3OS2/c11-8(15)5-9(14)13-10-12-6-3-1-2-4-7(6)16-10/h1-5H2,(H2,11,15)(H,12,13,14). The summed E-state index contributed by atoms with van der Waals surface area (Å²) in [6.45, 7) is 0. The minimum atomic E-state index is -0.182. The fourth-order valence-corrected chi connectivity index (χ4v) is 2.92. The maximum atomic E-state index is 11.4. The molecular formula is C10H13N3OS2. The number of nitrogens with zero attached hydrogens (tertiary/aromatic N) is 1. The molecule has 0 saturated heterocycles. The van der Waals surface area contributed by atoms with Crippen LogP contribution < -0.4 is 11.1 Å². The largest absolute Gasteiger partial charge is 0.393 e. The van der Waals surface area contributed by atoms with Gasteiger partial charge in [-0.2, -0.15) is 0 Å². The van der Waals surface area contributed by atoms with Gasteiger partial charge in [-0.25, -0.2) is 4.98 Å². The Morgan fingerprint density at radius 1 is 1.50 bits per heavy atom. The van der Waals surface area contributed by atoms with E-state index in [1.165, 1.54) is 17.7 Å². The van der Waals surface area contributed by atoms with E-state index >= 15 is 0 Å². The summed E-state index contributed by atoms with van der Waals surface area (Å²) in [7, 11) is 0. The summed E-state index contributed by atoms with van der Waals surface area (Å²) in [5.74, 6) is -0.182. The zero-order valence-corrected chi connectivity index (χ0v) is 10.4. The first-order valence-corrected chi connectivity index (χ1v) is 6.44. The van der Waals surface area contributed by atoms with Crippen LogP contribution in [0.5, 0.6) is 0 Å². The number of rotatable bonds is 3. The molecule has 0 radical (unpaired) electrons. The van der Waals surface area contributed by atoms with Crippen LogP contribution in [0.1, 0.15) is 29.8 Å². The summed E-state index contributed by atoms with van der Waals surface area (Å²) < 4.78 is 0. The smallest absolute Gasteiger partial charge is 0.232 e. The van der Waals surface area contributed by atoms with Crippen LogP contribution in [0, 0.1) is 0 Å². The molecule has 0 saturated carbocycles. The molecule has 1 aromatic heterocycles. The average Bonchev–Trinajstić information content (AvgIpc) is 2.57. The van der Waals surface area contributed by atoms with Crippen molar-refractivity contribution in [2.24, 2.45) is 5.73 Å². The van der Waals surface area contributed by atoms with Gasteiger partial charge in [-0.1, -0.05) is 12.2 Å². The van der Waals surface area contributed by atoms with Crippen LogP contribution >= 0.6 is 23.6 Å². The van der Waals surface area contributed by atoms with Crippen molar-refractivity contribution in [2.45, 2.75) is 32.1 Å². The SMILES string of the molecule is NC(=S)CC(=O)Nc1nc2c(s1)CCCC2. The summed E-state index contributed by atoms with van der Waals surface area (Å²) in [5, 5.41) is 3.41. The number of fused-ring (bicyclic) bond motifs is 1. The van der Waals surface area contributed by atoms with E-state index in [0.29, 0.717) is 5.13 Å². The normalized spacial score (nSPS) is 14.2. The first kappa shape index (κ1) is 11.5. The van der Waals surface area contributed by atoms with Gasteiger partial charge in [-0.05, 0) is 25.7 Å². The van der Waals surface area contributed by atoms with Gasteiger partial charge in [0, 0.05) is 4.88 Å². The Kier molecular flexibility index (Phi) is 3.50. The number of nitrogens with one attached hydrogen (secondary N) is 1. The molecule has 16 heavy (non-hydrogen) atoms. The molecule has 2 rings (SSSR count). The van der Waals surface area contributed by atoms with Crippen LogP contribution in [0.2, 0.25) is 0 Å². The zero-order chi connectivity index (χ0) is 11.5. The van der Waals surface area contributed by atoms with E-state index in [4.69, 9.17) is 5.73 Å². The van der Waals surface area contributed by atoms with Gasteiger partial charge in [0.25, 0.3) is 0 Å². The van der Waals surface area contributed by atoms with Gasteiger partial charge >= 0.3 is 0 Å². The highest BCUT2D eigenvalue weighted by atomic mass is 32.1. The number of thiazole rings is 1. The van der Waals surface area contributed by atoms with Gasteiger partial charge in [0.1, 0.15) is 0 Å². The van der Waals surface area contributed by atoms with Crippen LogP contribution in [0.25, 0.3) is 0 Å². The van der Waals surface area contributed by atoms with Crippen molar-refractivity contribution in [1.29, 1.82) is 0 Å². The Morgan fingerprint density at radius 3 is 2.94 bits per heavy atom. The second-order valence-corrected chi connectivity index (χ2v) is 5.40. The van der Waals surface area contributed by atoms with Gasteiger partial charge in [-0.3, -0.25) is 4.79 Å². The van der Waals surface area contributed by atoms with E-state index in [9.17, 15) is 4.79 Å². The monoisotopic (exact) mass is 255 g/mol. The van der Waals surface area contributed by atoms with Crippen LogP contribution in [0.15, 0.2) is 0 Å². The third kappa shape index (κ3) is 2.76. The number of nitrogens with two attached hydrogens (primary N) is 1. The van der Waals surface area contributed by atoms with Crippen molar-refractivity contribution in [2.75, 3.05) is 5.32 Å². The molecule has 1 heterocycles. The molecule has 0 aromatic carbocycles. The molecule has 0 spiro atoms. The summed E-state index contributed by atoms with van der Waals surface area (Å²) >= 11 is 6.24. The van der Waals surface area contributed by atoms with Gasteiger partial charge in [0.15, 0.2) is 5.13 Å². The number of hydrogen-bond acceptors (Lipinski definition) is 4. The number of carbonyl (C=O) groups is 1. The Morgan fingerprint density at radius 2 is 2.25 bits per heavy atom. The summed E-state index contributed by atoms with van der Waals surface area (Å²) in [6.07, 6.45) is 4.60. The molecule has 1 aliphatic carbocycles. The molecule has 0 unspecified atom stereocenters. The fraction of sp³-hybridized carbons (Fsp3) is 0.500. The Hall–Kier alpha value is -1.01. The number of thiocarbonyl (C=S) groups is 1. The molecule has 86 valence electrons. The molecule has 1 amide bonds. The molecule has 1 aliphatic rings. The molecule has 3 N–H and O–H groups in total. The van der Waals surface area contributed by atoms with E-state index in [1.807, 2.05) is 0 Å². The van der Waals surface area contributed by atoms with Crippen molar-refractivity contribution in [3.8, 4) is 0 Å². The lowest BCUT2D eigenvalue weighted by molar-refractivity contribution is -0.115. The van der Waals surface area contributed by atoms with Crippen molar-refractivity contribution < 1.29 is 4.79 Å². The maximum absolute atomic E-state index is 11.4. The topological polar surface area (TPSA) is 68.0 Å². The first-order chi connectivity index (χ1) is 7.65. The van der Waals surface area contributed by atoms with Crippen molar-refractivity contribution >= 4 is 39.6 Å². The number of aryl methyl sites for hydroxylation is 2. The minimum Gasteiger partial charge on any atom is -0.393 e. The number of anilines is 1. The van der Waals surface area contributed by atoms with Gasteiger partial charge in [0.2, 0.25) is 5.91 Å². The minimum absolute atomic E-state index is 0.0829. The number of hydrogen-bond donors (Lipinski definition) is 2. The molecule has 0 atom stereocenters. The van der Waals surface area contributed by atoms with E-state index in [-0.39, 0.29) is 17.3 Å². The molecular weight excluding hydrogens is 242 g/mol. The van der Waals surface area contributed by atoms with Gasteiger partial charge in [0.05, 0.1) is 17.1 Å². The number of carbonyl (C=O) groups excluding carboxylic acids is 1. The van der Waals surface area contributed by atoms with Crippen molar-refractivity contribution in [3.63, 3.8) is 0 Å². The molecule has 0 bridgehead atoms. The highest BCUT2D eigenvalue weighted by Gasteiger charge is 2.16. The second-order valence-electron chi connectivity index (χ2n) is 3.79. The molecule has 4 nitrogen and oxygen atoms in total. The average molecular weight is 255 g/mol. The first-order valence-electron chi connectivity index (χ1n) is 5.22. The van der Waals surface area contributed by atoms with Gasteiger partial charge in [-0.15, -0.1) is 11.3 Å². The highest BCUT2D eigenvalue weighted by Crippen LogP contribution is 2.29. The predicted molar refractivity (Wildman–Crippen MR) is 68.8 cm³/mol. The Labute approximate surface area is 103 Å². The van der Waals surface area contributed by atoms with Crippen molar-refractivity contribution in [1.82, 2.24) is 4.98 Å². The lowest BCUT2D eigenvalue weighted by atomic mass is 10.0. The summed E-state index contributed by atoms with van der Waals surface area (Å²) in [5.41, 5.74) is 6.44. The Balaban J connectivity index is 2.02. The van der Waals surface area contributed by atoms with Gasteiger partial charge < -0.3 is 11.1 Å². The number of aromatic nitrogens is 1. The second kappa shape index (κ2) is 4.88. The molecule has 6 heteroatoms. The predicted octanol–water partition coefficient (Wildman–Crippen LogP) is 1.64. The lowest BCUT2D eigenvalue weighted by Gasteiger charge is -2.06. The summed E-state index contributed by atoms with van der Waals surface area (Å²) in [4.78, 5) is 17.3. The third-order valence-electron chi connectivity index (χ3n) is 2.43. The van der Waals surface area contributed by atoms with E-state index in [2.05, 4.69) is 22.5 Å². The number of amides is 1. The van der Waals surface area contributed by atoms with Crippen LogP contribution in [0.3, 0.4) is 0 Å². The fourth-order valence-electron chi connectivity index (χ4n) is 1.73. The Bertz CT molecular complexity index is 404. The van der Waals surface area contributed by atoms with Crippen LogP contribution in [-0.4, -0.2) is 15.9 Å². The zero-order valence-electron chi connectivity index (χ0n) is 8.78. The molecule has 1 aromatic rings. The van der Waals surface area contributed by atoms with E-state index < -0.39 is 0 Å². The van der Waals surface area contributed by atoms with Crippen LogP contribution in [0.4, 0.5) is 5.13 Å². The highest BCUT2D eigenvalue weighted by molar-refractivity contribution is 7.80. The van der Waals surface area contributed by atoms with E-state index in [0.717, 1.165) is 18.5 Å². The third-order valence-corrected chi connectivity index (χ3v) is 3.64. The lowest BCUT2D eigenvalue weighted by Crippen LogP contribution is -2.20. The van der Waals surface area contributed by atoms with Crippen LogP contribution in [-0.2, 0) is 17.6 Å². The maximum Gasteiger partial charge on any atom is 0.232 e. The summed E-state index contributed by atoms with van der Waals surface area (Å²) in [6, 6.07) is 0.